The van der Waals surface area contributed by atoms with Crippen LogP contribution in [0.1, 0.15) is 26.3 Å². The fraction of sp³-hybridized carbons (Fsp3) is 0.364. The fourth-order valence-electron chi connectivity index (χ4n) is 2.58. The molecule has 2 amide bonds. The maximum absolute atomic E-state index is 13.2. The van der Waals surface area contributed by atoms with E-state index in [1.807, 2.05) is 13.8 Å². The average Bonchev–Trinajstić information content (AvgIpc) is 2.70. The summed E-state index contributed by atoms with van der Waals surface area (Å²) in [6, 6.07) is 11.8. The molecule has 0 saturated heterocycles. The fourth-order valence-corrected chi connectivity index (χ4v) is 2.71. The molecule has 0 saturated carbocycles. The van der Waals surface area contributed by atoms with Crippen LogP contribution in [-0.2, 0) is 16.1 Å². The first-order valence-corrected chi connectivity index (χ1v) is 9.84. The van der Waals surface area contributed by atoms with Crippen molar-refractivity contribution in [3.8, 4) is 5.75 Å². The molecule has 2 rings (SSSR count). The van der Waals surface area contributed by atoms with Gasteiger partial charge in [-0.15, -0.1) is 0 Å². The van der Waals surface area contributed by atoms with Crippen LogP contribution in [0.15, 0.2) is 48.5 Å². The lowest BCUT2D eigenvalue weighted by atomic mass is 10.1. The Labute approximate surface area is 175 Å². The molecule has 0 aliphatic rings. The maximum atomic E-state index is 13.2. The van der Waals surface area contributed by atoms with Gasteiger partial charge in [-0.1, -0.05) is 37.6 Å². The number of carbonyl (C=O) groups is 2. The van der Waals surface area contributed by atoms with Crippen LogP contribution in [0.25, 0.3) is 0 Å². The molecule has 0 radical (unpaired) electrons. The number of halogens is 2. The lowest BCUT2D eigenvalue weighted by molar-refractivity contribution is -0.142. The molecule has 0 aliphatic carbocycles. The molecule has 7 heteroatoms. The van der Waals surface area contributed by atoms with E-state index >= 15 is 0 Å². The Kier molecular flexibility index (Phi) is 8.46. The summed E-state index contributed by atoms with van der Waals surface area (Å²) in [6.07, 6.45) is 0. The Bertz CT molecular complexity index is 810. The highest BCUT2D eigenvalue weighted by Crippen LogP contribution is 2.16. The molecule has 2 aromatic rings. The van der Waals surface area contributed by atoms with E-state index < -0.39 is 6.04 Å². The van der Waals surface area contributed by atoms with Gasteiger partial charge in [0.05, 0.1) is 0 Å². The van der Waals surface area contributed by atoms with Crippen molar-refractivity contribution in [3.63, 3.8) is 0 Å². The summed E-state index contributed by atoms with van der Waals surface area (Å²) >= 11 is 5.85. The van der Waals surface area contributed by atoms with E-state index in [4.69, 9.17) is 16.3 Å². The Morgan fingerprint density at radius 3 is 2.28 bits per heavy atom. The first-order chi connectivity index (χ1) is 13.8. The van der Waals surface area contributed by atoms with Crippen LogP contribution in [0.3, 0.4) is 0 Å². The van der Waals surface area contributed by atoms with Gasteiger partial charge < -0.3 is 15.0 Å². The van der Waals surface area contributed by atoms with E-state index in [1.54, 1.807) is 43.3 Å². The van der Waals surface area contributed by atoms with Gasteiger partial charge in [-0.3, -0.25) is 9.59 Å². The van der Waals surface area contributed by atoms with Gasteiger partial charge in [0.15, 0.2) is 6.61 Å². The van der Waals surface area contributed by atoms with Gasteiger partial charge in [-0.25, -0.2) is 4.39 Å². The van der Waals surface area contributed by atoms with E-state index in [0.717, 1.165) is 5.56 Å². The predicted octanol–water partition coefficient (Wildman–Crippen LogP) is 4.05. The zero-order valence-corrected chi connectivity index (χ0v) is 17.6. The standard InChI is InChI=1S/C22H26ClFN2O3/c1-15(2)12-25-22(28)16(3)26(13-17-4-8-19(24)9-5-17)21(27)14-29-20-10-6-18(23)7-11-20/h4-11,15-16H,12-14H2,1-3H3,(H,25,28). The second kappa shape index (κ2) is 10.8. The molecule has 0 aliphatic heterocycles. The lowest BCUT2D eigenvalue weighted by Gasteiger charge is -2.29. The van der Waals surface area contributed by atoms with Crippen molar-refractivity contribution < 1.29 is 18.7 Å². The molecule has 0 aromatic heterocycles. The number of nitrogens with zero attached hydrogens (tertiary/aromatic N) is 1. The van der Waals surface area contributed by atoms with E-state index in [1.165, 1.54) is 17.0 Å². The molecule has 1 N–H and O–H groups in total. The highest BCUT2D eigenvalue weighted by molar-refractivity contribution is 6.30. The maximum Gasteiger partial charge on any atom is 0.261 e. The molecular weight excluding hydrogens is 395 g/mol. The van der Waals surface area contributed by atoms with E-state index in [9.17, 15) is 14.0 Å². The summed E-state index contributed by atoms with van der Waals surface area (Å²) in [5.74, 6) is -0.167. The number of amides is 2. The lowest BCUT2D eigenvalue weighted by Crippen LogP contribution is -2.49. The van der Waals surface area contributed by atoms with E-state index in [2.05, 4.69) is 5.32 Å². The molecule has 29 heavy (non-hydrogen) atoms. The van der Waals surface area contributed by atoms with Crippen molar-refractivity contribution in [1.29, 1.82) is 0 Å². The first-order valence-electron chi connectivity index (χ1n) is 9.46. The van der Waals surface area contributed by atoms with Crippen molar-refractivity contribution in [1.82, 2.24) is 10.2 Å². The average molecular weight is 421 g/mol. The normalized spacial score (nSPS) is 11.8. The van der Waals surface area contributed by atoms with Gasteiger partial charge in [-0.05, 0) is 54.8 Å². The predicted molar refractivity (Wildman–Crippen MR) is 111 cm³/mol. The largest absolute Gasteiger partial charge is 0.484 e. The van der Waals surface area contributed by atoms with Crippen LogP contribution in [0.4, 0.5) is 4.39 Å². The van der Waals surface area contributed by atoms with Gasteiger partial charge in [0.25, 0.3) is 5.91 Å². The third-order valence-electron chi connectivity index (χ3n) is 4.29. The van der Waals surface area contributed by atoms with Crippen LogP contribution >= 0.6 is 11.6 Å². The third-order valence-corrected chi connectivity index (χ3v) is 4.55. The molecule has 1 unspecified atom stereocenters. The van der Waals surface area contributed by atoms with Gasteiger partial charge in [-0.2, -0.15) is 0 Å². The highest BCUT2D eigenvalue weighted by atomic mass is 35.5. The summed E-state index contributed by atoms with van der Waals surface area (Å²) < 4.78 is 18.8. The number of benzene rings is 2. The van der Waals surface area contributed by atoms with Crippen LogP contribution in [0, 0.1) is 11.7 Å². The zero-order valence-electron chi connectivity index (χ0n) is 16.8. The summed E-state index contributed by atoms with van der Waals surface area (Å²) in [7, 11) is 0. The first kappa shape index (κ1) is 22.7. The van der Waals surface area contributed by atoms with Crippen LogP contribution < -0.4 is 10.1 Å². The van der Waals surface area contributed by atoms with Gasteiger partial charge in [0.1, 0.15) is 17.6 Å². The molecule has 5 nitrogen and oxygen atoms in total. The quantitative estimate of drug-likeness (QED) is 0.665. The summed E-state index contributed by atoms with van der Waals surface area (Å²) in [5, 5.41) is 3.41. The second-order valence-corrected chi connectivity index (χ2v) is 7.64. The van der Waals surface area contributed by atoms with Crippen molar-refractivity contribution in [3.05, 3.63) is 64.9 Å². The Morgan fingerprint density at radius 2 is 1.69 bits per heavy atom. The molecule has 0 fully saturated rings. The summed E-state index contributed by atoms with van der Waals surface area (Å²) in [5.41, 5.74) is 0.717. The van der Waals surface area contributed by atoms with Gasteiger partial charge in [0, 0.05) is 18.1 Å². The Balaban J connectivity index is 2.10. The van der Waals surface area contributed by atoms with Crippen LogP contribution in [-0.4, -0.2) is 35.9 Å². The third kappa shape index (κ3) is 7.38. The van der Waals surface area contributed by atoms with Gasteiger partial charge >= 0.3 is 0 Å². The van der Waals surface area contributed by atoms with Crippen molar-refractivity contribution >= 4 is 23.4 Å². The van der Waals surface area contributed by atoms with Gasteiger partial charge in [0.2, 0.25) is 5.91 Å². The smallest absolute Gasteiger partial charge is 0.261 e. The molecule has 0 heterocycles. The number of hydrogen-bond donors (Lipinski definition) is 1. The minimum Gasteiger partial charge on any atom is -0.484 e. The monoisotopic (exact) mass is 420 g/mol. The highest BCUT2D eigenvalue weighted by Gasteiger charge is 2.26. The minimum absolute atomic E-state index is 0.166. The topological polar surface area (TPSA) is 58.6 Å². The molecular formula is C22H26ClFN2O3. The number of ether oxygens (including phenoxy) is 1. The number of nitrogens with one attached hydrogen (secondary N) is 1. The summed E-state index contributed by atoms with van der Waals surface area (Å²) in [4.78, 5) is 26.8. The molecule has 0 bridgehead atoms. The van der Waals surface area contributed by atoms with Crippen molar-refractivity contribution in [2.45, 2.75) is 33.4 Å². The van der Waals surface area contributed by atoms with Crippen LogP contribution in [0.5, 0.6) is 5.75 Å². The minimum atomic E-state index is -0.708. The number of carbonyl (C=O) groups excluding carboxylic acids is 2. The molecule has 0 spiro atoms. The number of hydrogen-bond acceptors (Lipinski definition) is 3. The Morgan fingerprint density at radius 1 is 1.07 bits per heavy atom. The molecule has 156 valence electrons. The number of rotatable bonds is 9. The second-order valence-electron chi connectivity index (χ2n) is 7.21. The SMILES string of the molecule is CC(C)CNC(=O)C(C)N(Cc1ccc(F)cc1)C(=O)COc1ccc(Cl)cc1. The molecule has 2 aromatic carbocycles. The van der Waals surface area contributed by atoms with E-state index in [0.29, 0.717) is 23.2 Å². The summed E-state index contributed by atoms with van der Waals surface area (Å²) in [6.45, 7) is 6.10. The van der Waals surface area contributed by atoms with E-state index in [-0.39, 0.29) is 30.8 Å². The zero-order chi connectivity index (χ0) is 21.4. The molecule has 1 atom stereocenters. The van der Waals surface area contributed by atoms with Crippen molar-refractivity contribution in [2.75, 3.05) is 13.2 Å². The van der Waals surface area contributed by atoms with Crippen LogP contribution in [0.2, 0.25) is 5.02 Å². The van der Waals surface area contributed by atoms with Crippen molar-refractivity contribution in [2.24, 2.45) is 5.92 Å². The Hall–Kier alpha value is -2.60.